The minimum atomic E-state index is -0.550. The van der Waals surface area contributed by atoms with E-state index in [1.807, 2.05) is 36.6 Å². The summed E-state index contributed by atoms with van der Waals surface area (Å²) in [5.74, 6) is 0.626. The first-order valence-electron chi connectivity index (χ1n) is 7.01. The molecule has 2 aromatic rings. The van der Waals surface area contributed by atoms with Crippen LogP contribution in [0.25, 0.3) is 0 Å². The first-order valence-corrected chi connectivity index (χ1v) is 8.24. The number of hydrogen-bond acceptors (Lipinski definition) is 2. The molecule has 0 spiro atoms. The van der Waals surface area contributed by atoms with Gasteiger partial charge < -0.3 is 5.11 Å². The Hall–Kier alpha value is -1.25. The third-order valence-corrected chi connectivity index (χ3v) is 4.16. The topological polar surface area (TPSA) is 20.2 Å². The van der Waals surface area contributed by atoms with E-state index < -0.39 is 6.10 Å². The van der Waals surface area contributed by atoms with Crippen molar-refractivity contribution in [2.45, 2.75) is 31.3 Å². The fourth-order valence-corrected chi connectivity index (χ4v) is 3.06. The Kier molecular flexibility index (Phi) is 5.27. The van der Waals surface area contributed by atoms with Crippen molar-refractivity contribution in [3.8, 4) is 0 Å². The predicted molar refractivity (Wildman–Crippen MR) is 87.3 cm³/mol. The largest absolute Gasteiger partial charge is 0.384 e. The lowest BCUT2D eigenvalue weighted by Crippen LogP contribution is -2.03. The maximum atomic E-state index is 10.6. The summed E-state index contributed by atoms with van der Waals surface area (Å²) in [6, 6.07) is 16.4. The highest BCUT2D eigenvalue weighted by Gasteiger charge is 2.14. The van der Waals surface area contributed by atoms with Gasteiger partial charge in [-0.3, -0.25) is 0 Å². The van der Waals surface area contributed by atoms with Crippen LogP contribution >= 0.6 is 11.8 Å². The van der Waals surface area contributed by atoms with E-state index in [1.54, 1.807) is 11.8 Å². The van der Waals surface area contributed by atoms with Gasteiger partial charge in [0.2, 0.25) is 0 Å². The van der Waals surface area contributed by atoms with E-state index in [1.165, 1.54) is 5.56 Å². The van der Waals surface area contributed by atoms with Crippen molar-refractivity contribution in [3.05, 3.63) is 65.2 Å². The van der Waals surface area contributed by atoms with Gasteiger partial charge in [0.25, 0.3) is 0 Å². The van der Waals surface area contributed by atoms with Crippen molar-refractivity contribution in [3.63, 3.8) is 0 Å². The Morgan fingerprint density at radius 1 is 1.05 bits per heavy atom. The van der Waals surface area contributed by atoms with Gasteiger partial charge in [-0.1, -0.05) is 56.3 Å². The zero-order chi connectivity index (χ0) is 14.5. The van der Waals surface area contributed by atoms with Crippen molar-refractivity contribution in [2.75, 3.05) is 6.26 Å². The molecule has 0 aliphatic carbocycles. The second-order valence-corrected chi connectivity index (χ2v) is 6.34. The summed E-state index contributed by atoms with van der Waals surface area (Å²) in [4.78, 5) is 1.13. The smallest absolute Gasteiger partial charge is 0.105 e. The minimum Gasteiger partial charge on any atom is -0.384 e. The normalized spacial score (nSPS) is 12.7. The average molecular weight is 286 g/mol. The van der Waals surface area contributed by atoms with E-state index in [9.17, 15) is 5.11 Å². The number of thioether (sulfide) groups is 1. The van der Waals surface area contributed by atoms with Crippen molar-refractivity contribution in [2.24, 2.45) is 5.92 Å². The van der Waals surface area contributed by atoms with Gasteiger partial charge in [0.1, 0.15) is 6.10 Å². The second kappa shape index (κ2) is 6.96. The summed E-state index contributed by atoms with van der Waals surface area (Å²) in [5.41, 5.74) is 3.25. The second-order valence-electron chi connectivity index (χ2n) is 5.49. The molecule has 1 N–H and O–H groups in total. The zero-order valence-electron chi connectivity index (χ0n) is 12.3. The summed E-state index contributed by atoms with van der Waals surface area (Å²) in [6.07, 6.45) is 2.54. The molecular weight excluding hydrogens is 264 g/mol. The van der Waals surface area contributed by atoms with Crippen LogP contribution in [0, 0.1) is 5.92 Å². The van der Waals surface area contributed by atoms with Crippen LogP contribution < -0.4 is 0 Å². The van der Waals surface area contributed by atoms with Crippen molar-refractivity contribution < 1.29 is 5.11 Å². The quantitative estimate of drug-likeness (QED) is 0.805. The zero-order valence-corrected chi connectivity index (χ0v) is 13.2. The van der Waals surface area contributed by atoms with Gasteiger partial charge in [-0.2, -0.15) is 0 Å². The van der Waals surface area contributed by atoms with Gasteiger partial charge in [0.05, 0.1) is 0 Å². The molecule has 0 saturated carbocycles. The van der Waals surface area contributed by atoms with Crippen LogP contribution in [0.1, 0.15) is 36.6 Å². The Morgan fingerprint density at radius 3 is 2.50 bits per heavy atom. The Labute approximate surface area is 126 Å². The lowest BCUT2D eigenvalue weighted by atomic mass is 9.96. The maximum Gasteiger partial charge on any atom is 0.105 e. The third kappa shape index (κ3) is 3.65. The average Bonchev–Trinajstić information content (AvgIpc) is 2.46. The number of benzene rings is 2. The van der Waals surface area contributed by atoms with Gasteiger partial charge in [0, 0.05) is 4.90 Å². The third-order valence-electron chi connectivity index (χ3n) is 3.34. The summed E-state index contributed by atoms with van der Waals surface area (Å²) in [5, 5.41) is 10.6. The summed E-state index contributed by atoms with van der Waals surface area (Å²) in [7, 11) is 0. The summed E-state index contributed by atoms with van der Waals surface area (Å²) >= 11 is 1.67. The molecule has 106 valence electrons. The minimum absolute atomic E-state index is 0.550. The highest BCUT2D eigenvalue weighted by molar-refractivity contribution is 7.98. The van der Waals surface area contributed by atoms with Crippen LogP contribution in [-0.4, -0.2) is 11.4 Å². The van der Waals surface area contributed by atoms with E-state index in [-0.39, 0.29) is 0 Å². The summed E-state index contributed by atoms with van der Waals surface area (Å²) < 4.78 is 0. The molecule has 0 fully saturated rings. The van der Waals surface area contributed by atoms with E-state index in [0.29, 0.717) is 5.92 Å². The number of hydrogen-bond donors (Lipinski definition) is 1. The molecule has 2 aromatic carbocycles. The van der Waals surface area contributed by atoms with Gasteiger partial charge in [-0.15, -0.1) is 11.8 Å². The van der Waals surface area contributed by atoms with E-state index >= 15 is 0 Å². The lowest BCUT2D eigenvalue weighted by molar-refractivity contribution is 0.217. The standard InChI is InChI=1S/C18H22OS/c1-13(2)11-14-7-6-8-15(12-14)18(19)16-9-4-5-10-17(16)20-3/h4-10,12-13,18-19H,11H2,1-3H3. The molecule has 0 aliphatic heterocycles. The monoisotopic (exact) mass is 286 g/mol. The highest BCUT2D eigenvalue weighted by Crippen LogP contribution is 2.30. The van der Waals surface area contributed by atoms with Gasteiger partial charge >= 0.3 is 0 Å². The SMILES string of the molecule is CSc1ccccc1C(O)c1cccc(CC(C)C)c1. The number of aliphatic hydroxyl groups excluding tert-OH is 1. The van der Waals surface area contributed by atoms with Crippen molar-refractivity contribution >= 4 is 11.8 Å². The molecule has 0 aliphatic rings. The molecule has 0 aromatic heterocycles. The predicted octanol–water partition coefficient (Wildman–Crippen LogP) is 4.69. The molecule has 0 bridgehead atoms. The number of aliphatic hydroxyl groups is 1. The molecule has 0 radical (unpaired) electrons. The molecule has 2 rings (SSSR count). The van der Waals surface area contributed by atoms with Crippen LogP contribution in [0.2, 0.25) is 0 Å². The van der Waals surface area contributed by atoms with E-state index in [4.69, 9.17) is 0 Å². The molecule has 1 nitrogen and oxygen atoms in total. The maximum absolute atomic E-state index is 10.6. The first kappa shape index (κ1) is 15.1. The molecule has 1 atom stereocenters. The van der Waals surface area contributed by atoms with Gasteiger partial charge in [0.15, 0.2) is 0 Å². The van der Waals surface area contributed by atoms with Crippen LogP contribution in [0.15, 0.2) is 53.4 Å². The van der Waals surface area contributed by atoms with Gasteiger partial charge in [-0.25, -0.2) is 0 Å². The van der Waals surface area contributed by atoms with Crippen LogP contribution in [-0.2, 0) is 6.42 Å². The fraction of sp³-hybridized carbons (Fsp3) is 0.333. The van der Waals surface area contributed by atoms with E-state index in [2.05, 4.69) is 32.0 Å². The molecule has 1 unspecified atom stereocenters. The van der Waals surface area contributed by atoms with Crippen molar-refractivity contribution in [1.29, 1.82) is 0 Å². The molecule has 2 heteroatoms. The number of rotatable bonds is 5. The van der Waals surface area contributed by atoms with Crippen LogP contribution in [0.5, 0.6) is 0 Å². The van der Waals surface area contributed by atoms with Crippen molar-refractivity contribution in [1.82, 2.24) is 0 Å². The van der Waals surface area contributed by atoms with E-state index in [0.717, 1.165) is 22.4 Å². The Balaban J connectivity index is 2.30. The highest BCUT2D eigenvalue weighted by atomic mass is 32.2. The molecular formula is C18H22OS. The lowest BCUT2D eigenvalue weighted by Gasteiger charge is -2.16. The molecule has 0 amide bonds. The Morgan fingerprint density at radius 2 is 1.80 bits per heavy atom. The first-order chi connectivity index (χ1) is 9.61. The van der Waals surface area contributed by atoms with Crippen LogP contribution in [0.3, 0.4) is 0 Å². The van der Waals surface area contributed by atoms with Gasteiger partial charge in [-0.05, 0) is 41.4 Å². The fourth-order valence-electron chi connectivity index (χ4n) is 2.43. The molecule has 0 saturated heterocycles. The molecule has 0 heterocycles. The van der Waals surface area contributed by atoms with Crippen LogP contribution in [0.4, 0.5) is 0 Å². The Bertz CT molecular complexity index is 563. The summed E-state index contributed by atoms with van der Waals surface area (Å²) in [6.45, 7) is 4.43. The molecule has 20 heavy (non-hydrogen) atoms.